The third kappa shape index (κ3) is 5.55. The lowest BCUT2D eigenvalue weighted by Gasteiger charge is -2.14. The van der Waals surface area contributed by atoms with Crippen LogP contribution in [0.3, 0.4) is 0 Å². The number of hydrogen-bond donors (Lipinski definition) is 3. The van der Waals surface area contributed by atoms with Crippen molar-refractivity contribution in [2.24, 2.45) is 0 Å². The smallest absolute Gasteiger partial charge is 0.255 e. The summed E-state index contributed by atoms with van der Waals surface area (Å²) in [6.07, 6.45) is 2.70. The van der Waals surface area contributed by atoms with Crippen molar-refractivity contribution in [1.82, 2.24) is 10.6 Å². The van der Waals surface area contributed by atoms with Crippen LogP contribution in [0.5, 0.6) is 0 Å². The van der Waals surface area contributed by atoms with Crippen molar-refractivity contribution in [2.45, 2.75) is 19.5 Å². The summed E-state index contributed by atoms with van der Waals surface area (Å²) >= 11 is 0. The first-order valence-electron chi connectivity index (χ1n) is 9.09. The van der Waals surface area contributed by atoms with Crippen LogP contribution < -0.4 is 16.0 Å². The molecule has 0 aliphatic carbocycles. The number of furan rings is 1. The van der Waals surface area contributed by atoms with Crippen LogP contribution in [-0.4, -0.2) is 23.8 Å². The lowest BCUT2D eigenvalue weighted by Crippen LogP contribution is -2.44. The van der Waals surface area contributed by atoms with Crippen molar-refractivity contribution < 1.29 is 18.8 Å². The molecule has 148 valence electrons. The average molecular weight is 391 g/mol. The molecule has 3 amide bonds. The van der Waals surface area contributed by atoms with Crippen LogP contribution in [-0.2, 0) is 11.3 Å². The molecule has 0 radical (unpaired) electrons. The monoisotopic (exact) mass is 391 g/mol. The molecule has 7 heteroatoms. The van der Waals surface area contributed by atoms with Crippen molar-refractivity contribution in [3.63, 3.8) is 0 Å². The summed E-state index contributed by atoms with van der Waals surface area (Å²) in [4.78, 5) is 36.6. The van der Waals surface area contributed by atoms with E-state index in [2.05, 4.69) is 16.0 Å². The van der Waals surface area contributed by atoms with Crippen molar-refractivity contribution in [1.29, 1.82) is 0 Å². The summed E-state index contributed by atoms with van der Waals surface area (Å²) in [6.45, 7) is 1.83. The molecule has 7 nitrogen and oxygen atoms in total. The first kappa shape index (κ1) is 19.9. The van der Waals surface area contributed by atoms with Crippen molar-refractivity contribution in [2.75, 3.05) is 5.32 Å². The molecular formula is C22H21N3O4. The normalized spacial score (nSPS) is 11.3. The van der Waals surface area contributed by atoms with Crippen molar-refractivity contribution >= 4 is 23.4 Å². The maximum absolute atomic E-state index is 12.4. The number of nitrogens with one attached hydrogen (secondary N) is 3. The highest BCUT2D eigenvalue weighted by Gasteiger charge is 2.17. The van der Waals surface area contributed by atoms with Gasteiger partial charge >= 0.3 is 0 Å². The summed E-state index contributed by atoms with van der Waals surface area (Å²) in [6, 6.07) is 17.0. The molecule has 1 aromatic heterocycles. The van der Waals surface area contributed by atoms with Gasteiger partial charge in [-0.25, -0.2) is 0 Å². The molecule has 0 fully saturated rings. The van der Waals surface area contributed by atoms with Gasteiger partial charge in [-0.05, 0) is 42.8 Å². The van der Waals surface area contributed by atoms with Gasteiger partial charge in [-0.3, -0.25) is 14.4 Å². The summed E-state index contributed by atoms with van der Waals surface area (Å²) in [5.74, 6) is -0.952. The molecule has 0 saturated heterocycles. The van der Waals surface area contributed by atoms with E-state index in [9.17, 15) is 14.4 Å². The number of carbonyl (C=O) groups is 3. The number of anilines is 1. The van der Waals surface area contributed by atoms with Crippen LogP contribution in [0.2, 0.25) is 0 Å². The Hall–Kier alpha value is -3.87. The highest BCUT2D eigenvalue weighted by atomic mass is 16.3. The van der Waals surface area contributed by atoms with Crippen LogP contribution in [0.4, 0.5) is 5.69 Å². The molecule has 1 atom stereocenters. The summed E-state index contributed by atoms with van der Waals surface area (Å²) < 4.78 is 4.86. The molecule has 3 rings (SSSR count). The maximum Gasteiger partial charge on any atom is 0.255 e. The minimum atomic E-state index is -0.720. The number of carbonyl (C=O) groups excluding carboxylic acids is 3. The Morgan fingerprint density at radius 2 is 1.72 bits per heavy atom. The van der Waals surface area contributed by atoms with Crippen LogP contribution in [0, 0.1) is 0 Å². The van der Waals surface area contributed by atoms with Gasteiger partial charge in [0.1, 0.15) is 12.3 Å². The predicted octanol–water partition coefficient (Wildman–Crippen LogP) is 2.97. The number of benzene rings is 2. The van der Waals surface area contributed by atoms with E-state index in [-0.39, 0.29) is 24.3 Å². The second-order valence-corrected chi connectivity index (χ2v) is 6.45. The molecule has 3 aromatic rings. The highest BCUT2D eigenvalue weighted by Crippen LogP contribution is 2.10. The number of hydrogen-bond acceptors (Lipinski definition) is 4. The zero-order chi connectivity index (χ0) is 20.6. The van der Waals surface area contributed by atoms with Gasteiger partial charge in [0.25, 0.3) is 11.8 Å². The topological polar surface area (TPSA) is 100 Å². The fraction of sp³-hybridized carbons (Fsp3) is 0.136. The number of para-hydroxylation sites is 1. The molecule has 0 spiro atoms. The molecule has 3 N–H and O–H groups in total. The standard InChI is InChI=1S/C22H21N3O4/c1-15(24-22(28)18-10-11-29-14-18)20(26)23-13-16-6-5-7-17(12-16)21(27)25-19-8-3-2-4-9-19/h2-12,14-15H,13H2,1H3,(H,23,26)(H,24,28)(H,25,27)/t15-/m0/s1. The zero-order valence-electron chi connectivity index (χ0n) is 15.8. The van der Waals surface area contributed by atoms with Gasteiger partial charge in [-0.15, -0.1) is 0 Å². The van der Waals surface area contributed by atoms with Gasteiger partial charge in [-0.2, -0.15) is 0 Å². The highest BCUT2D eigenvalue weighted by molar-refractivity contribution is 6.04. The van der Waals surface area contributed by atoms with E-state index in [1.807, 2.05) is 24.3 Å². The van der Waals surface area contributed by atoms with E-state index in [0.29, 0.717) is 16.8 Å². The Labute approximate surface area is 168 Å². The molecule has 2 aromatic carbocycles. The summed E-state index contributed by atoms with van der Waals surface area (Å²) in [7, 11) is 0. The van der Waals surface area contributed by atoms with E-state index in [1.54, 1.807) is 37.3 Å². The predicted molar refractivity (Wildman–Crippen MR) is 108 cm³/mol. The van der Waals surface area contributed by atoms with Crippen LogP contribution >= 0.6 is 0 Å². The maximum atomic E-state index is 12.4. The van der Waals surface area contributed by atoms with Crippen LogP contribution in [0.1, 0.15) is 33.2 Å². The Morgan fingerprint density at radius 3 is 2.45 bits per heavy atom. The molecule has 0 aliphatic rings. The van der Waals surface area contributed by atoms with Gasteiger partial charge in [0, 0.05) is 17.8 Å². The minimum absolute atomic E-state index is 0.231. The van der Waals surface area contributed by atoms with Crippen molar-refractivity contribution in [3.8, 4) is 0 Å². The van der Waals surface area contributed by atoms with E-state index >= 15 is 0 Å². The quantitative estimate of drug-likeness (QED) is 0.576. The number of rotatable bonds is 7. The lowest BCUT2D eigenvalue weighted by molar-refractivity contribution is -0.122. The summed E-state index contributed by atoms with van der Waals surface area (Å²) in [5.41, 5.74) is 2.31. The van der Waals surface area contributed by atoms with Crippen LogP contribution in [0.25, 0.3) is 0 Å². The lowest BCUT2D eigenvalue weighted by atomic mass is 10.1. The Bertz CT molecular complexity index is 984. The van der Waals surface area contributed by atoms with Gasteiger partial charge in [0.15, 0.2) is 0 Å². The third-order valence-electron chi connectivity index (χ3n) is 4.21. The van der Waals surface area contributed by atoms with Gasteiger partial charge in [0.2, 0.25) is 5.91 Å². The number of amides is 3. The average Bonchev–Trinajstić information content (AvgIpc) is 3.28. The molecule has 0 saturated carbocycles. The second kappa shape index (κ2) is 9.36. The molecule has 29 heavy (non-hydrogen) atoms. The SMILES string of the molecule is C[C@H](NC(=O)c1ccoc1)C(=O)NCc1cccc(C(=O)Nc2ccccc2)c1. The van der Waals surface area contributed by atoms with Crippen molar-refractivity contribution in [3.05, 3.63) is 89.9 Å². The largest absolute Gasteiger partial charge is 0.472 e. The van der Waals surface area contributed by atoms with E-state index in [4.69, 9.17) is 4.42 Å². The summed E-state index contributed by atoms with van der Waals surface area (Å²) in [5, 5.41) is 8.18. The Balaban J connectivity index is 1.53. The molecular weight excluding hydrogens is 370 g/mol. The van der Waals surface area contributed by atoms with Gasteiger partial charge in [-0.1, -0.05) is 30.3 Å². The molecule has 1 heterocycles. The zero-order valence-corrected chi connectivity index (χ0v) is 15.8. The first-order chi connectivity index (χ1) is 14.0. The fourth-order valence-electron chi connectivity index (χ4n) is 2.63. The Morgan fingerprint density at radius 1 is 0.931 bits per heavy atom. The van der Waals surface area contributed by atoms with Crippen LogP contribution in [0.15, 0.2) is 77.6 Å². The molecule has 0 bridgehead atoms. The fourth-order valence-corrected chi connectivity index (χ4v) is 2.63. The second-order valence-electron chi connectivity index (χ2n) is 6.45. The van der Waals surface area contributed by atoms with E-state index in [1.165, 1.54) is 18.6 Å². The van der Waals surface area contributed by atoms with E-state index < -0.39 is 6.04 Å². The first-order valence-corrected chi connectivity index (χ1v) is 9.09. The van der Waals surface area contributed by atoms with Gasteiger partial charge < -0.3 is 20.4 Å². The third-order valence-corrected chi connectivity index (χ3v) is 4.21. The molecule has 0 unspecified atom stereocenters. The van der Waals surface area contributed by atoms with E-state index in [0.717, 1.165) is 5.56 Å². The minimum Gasteiger partial charge on any atom is -0.472 e. The Kier molecular flexibility index (Phi) is 6.42. The van der Waals surface area contributed by atoms with Gasteiger partial charge in [0.05, 0.1) is 11.8 Å². The molecule has 0 aliphatic heterocycles.